The molecule has 0 saturated carbocycles. The average molecular weight is 370 g/mol. The van der Waals surface area contributed by atoms with Gasteiger partial charge in [0.25, 0.3) is 0 Å². The zero-order valence-electron chi connectivity index (χ0n) is 14.5. The SMILES string of the molecule is CC(Cn1ncc2ccc(O)c([N+](=O)[O-])c21)NC(=O)OCc1ccccc1. The number of aromatic nitrogens is 2. The average Bonchev–Trinajstić information content (AvgIpc) is 3.03. The maximum Gasteiger partial charge on any atom is 0.407 e. The molecule has 9 heteroatoms. The van der Waals surface area contributed by atoms with Gasteiger partial charge < -0.3 is 15.2 Å². The Morgan fingerprint density at radius 3 is 2.78 bits per heavy atom. The van der Waals surface area contributed by atoms with Crippen molar-refractivity contribution < 1.29 is 19.6 Å². The molecule has 2 aromatic carbocycles. The van der Waals surface area contributed by atoms with Crippen LogP contribution < -0.4 is 5.32 Å². The van der Waals surface area contributed by atoms with Crippen molar-refractivity contribution in [1.82, 2.24) is 15.1 Å². The Bertz CT molecular complexity index is 971. The summed E-state index contributed by atoms with van der Waals surface area (Å²) in [5.41, 5.74) is 0.652. The molecule has 0 aliphatic carbocycles. The minimum atomic E-state index is -0.651. The van der Waals surface area contributed by atoms with E-state index < -0.39 is 28.5 Å². The maximum atomic E-state index is 11.9. The monoisotopic (exact) mass is 370 g/mol. The summed E-state index contributed by atoms with van der Waals surface area (Å²) in [5, 5.41) is 28.4. The summed E-state index contributed by atoms with van der Waals surface area (Å²) in [6.07, 6.45) is 0.877. The van der Waals surface area contributed by atoms with Gasteiger partial charge in [0.1, 0.15) is 12.1 Å². The maximum absolute atomic E-state index is 11.9. The Kier molecular flexibility index (Phi) is 5.20. The first kappa shape index (κ1) is 18.2. The number of hydrogen-bond acceptors (Lipinski definition) is 6. The number of amides is 1. The molecular weight excluding hydrogens is 352 g/mol. The number of carbonyl (C=O) groups excluding carboxylic acids is 1. The summed E-state index contributed by atoms with van der Waals surface area (Å²) in [6.45, 7) is 2.05. The number of fused-ring (bicyclic) bond motifs is 1. The first-order valence-electron chi connectivity index (χ1n) is 8.25. The van der Waals surface area contributed by atoms with Crippen LogP contribution in [0.5, 0.6) is 5.75 Å². The number of nitrogens with zero attached hydrogens (tertiary/aromatic N) is 3. The smallest absolute Gasteiger partial charge is 0.407 e. The van der Waals surface area contributed by atoms with E-state index >= 15 is 0 Å². The van der Waals surface area contributed by atoms with E-state index in [1.165, 1.54) is 16.9 Å². The van der Waals surface area contributed by atoms with Crippen LogP contribution in [0.15, 0.2) is 48.7 Å². The van der Waals surface area contributed by atoms with Crippen molar-refractivity contribution in [3.05, 3.63) is 64.3 Å². The number of phenols is 1. The van der Waals surface area contributed by atoms with Crippen LogP contribution in [0.25, 0.3) is 10.9 Å². The molecule has 1 atom stereocenters. The highest BCUT2D eigenvalue weighted by Crippen LogP contribution is 2.34. The highest BCUT2D eigenvalue weighted by Gasteiger charge is 2.23. The number of benzene rings is 2. The van der Waals surface area contributed by atoms with Gasteiger partial charge in [-0.2, -0.15) is 5.10 Å². The summed E-state index contributed by atoms with van der Waals surface area (Å²) >= 11 is 0. The highest BCUT2D eigenvalue weighted by molar-refractivity contribution is 5.90. The van der Waals surface area contributed by atoms with Crippen molar-refractivity contribution in [2.75, 3.05) is 0 Å². The molecule has 0 aliphatic heterocycles. The molecule has 9 nitrogen and oxygen atoms in total. The number of nitro groups is 1. The van der Waals surface area contributed by atoms with Gasteiger partial charge in [-0.3, -0.25) is 14.8 Å². The number of carbonyl (C=O) groups is 1. The van der Waals surface area contributed by atoms with E-state index in [9.17, 15) is 20.0 Å². The van der Waals surface area contributed by atoms with Crippen LogP contribution in [-0.2, 0) is 17.9 Å². The van der Waals surface area contributed by atoms with E-state index in [0.29, 0.717) is 5.39 Å². The van der Waals surface area contributed by atoms with E-state index in [1.807, 2.05) is 30.3 Å². The Labute approximate surface area is 154 Å². The number of hydrogen-bond donors (Lipinski definition) is 2. The number of alkyl carbamates (subject to hydrolysis) is 1. The van der Waals surface area contributed by atoms with E-state index in [1.54, 1.807) is 13.0 Å². The second-order valence-corrected chi connectivity index (χ2v) is 6.06. The van der Waals surface area contributed by atoms with E-state index in [2.05, 4.69) is 10.4 Å². The van der Waals surface area contributed by atoms with Gasteiger partial charge in [0, 0.05) is 11.4 Å². The van der Waals surface area contributed by atoms with Crippen LogP contribution in [0.1, 0.15) is 12.5 Å². The Balaban J connectivity index is 1.67. The summed E-state index contributed by atoms with van der Waals surface area (Å²) in [6, 6.07) is 11.7. The van der Waals surface area contributed by atoms with Crippen LogP contribution in [-0.4, -0.2) is 31.9 Å². The molecule has 1 unspecified atom stereocenters. The van der Waals surface area contributed by atoms with Gasteiger partial charge in [-0.05, 0) is 24.6 Å². The molecule has 0 spiro atoms. The highest BCUT2D eigenvalue weighted by atomic mass is 16.6. The van der Waals surface area contributed by atoms with Crippen LogP contribution in [0.4, 0.5) is 10.5 Å². The number of nitrogens with one attached hydrogen (secondary N) is 1. The standard InChI is InChI=1S/C18H18N4O5/c1-12(20-18(24)27-11-13-5-3-2-4-6-13)10-21-16-14(9-19-21)7-8-15(23)17(16)22(25)26/h2-9,12,23H,10-11H2,1H3,(H,20,24). The van der Waals surface area contributed by atoms with Crippen molar-refractivity contribution >= 4 is 22.7 Å². The lowest BCUT2D eigenvalue weighted by Crippen LogP contribution is -2.36. The van der Waals surface area contributed by atoms with Gasteiger partial charge in [-0.15, -0.1) is 0 Å². The van der Waals surface area contributed by atoms with Crippen molar-refractivity contribution in [2.45, 2.75) is 26.1 Å². The molecule has 0 aliphatic rings. The molecular formula is C18H18N4O5. The predicted octanol–water partition coefficient (Wildman–Crippen LogP) is 2.97. The molecule has 27 heavy (non-hydrogen) atoms. The normalized spacial score (nSPS) is 11.9. The molecule has 3 aromatic rings. The molecule has 140 valence electrons. The third-order valence-electron chi connectivity index (χ3n) is 3.96. The third kappa shape index (κ3) is 4.14. The van der Waals surface area contributed by atoms with Crippen LogP contribution in [0.3, 0.4) is 0 Å². The molecule has 3 rings (SSSR count). The van der Waals surface area contributed by atoms with E-state index in [-0.39, 0.29) is 18.7 Å². The quantitative estimate of drug-likeness (QED) is 0.508. The molecule has 1 heterocycles. The lowest BCUT2D eigenvalue weighted by atomic mass is 10.2. The summed E-state index contributed by atoms with van der Waals surface area (Å²) in [4.78, 5) is 22.6. The molecule has 0 saturated heterocycles. The number of rotatable bonds is 6. The fourth-order valence-electron chi connectivity index (χ4n) is 2.74. The van der Waals surface area contributed by atoms with Gasteiger partial charge in [0.15, 0.2) is 5.75 Å². The lowest BCUT2D eigenvalue weighted by Gasteiger charge is -2.15. The van der Waals surface area contributed by atoms with Crippen molar-refractivity contribution in [3.63, 3.8) is 0 Å². The molecule has 0 fully saturated rings. The molecule has 0 bridgehead atoms. The largest absolute Gasteiger partial charge is 0.502 e. The fourth-order valence-corrected chi connectivity index (χ4v) is 2.74. The first-order valence-corrected chi connectivity index (χ1v) is 8.25. The predicted molar refractivity (Wildman–Crippen MR) is 97.3 cm³/mol. The van der Waals surface area contributed by atoms with Gasteiger partial charge >= 0.3 is 11.8 Å². The zero-order valence-corrected chi connectivity index (χ0v) is 14.5. The zero-order chi connectivity index (χ0) is 19.4. The fraction of sp³-hybridized carbons (Fsp3) is 0.222. The molecule has 2 N–H and O–H groups in total. The first-order chi connectivity index (χ1) is 13.0. The second-order valence-electron chi connectivity index (χ2n) is 6.06. The minimum Gasteiger partial charge on any atom is -0.502 e. The van der Waals surface area contributed by atoms with Crippen LogP contribution in [0, 0.1) is 10.1 Å². The number of aromatic hydroxyl groups is 1. The summed E-state index contributed by atoms with van der Waals surface area (Å²) in [7, 11) is 0. The molecule has 1 aromatic heterocycles. The van der Waals surface area contributed by atoms with Gasteiger partial charge in [0.05, 0.1) is 17.7 Å². The lowest BCUT2D eigenvalue weighted by molar-refractivity contribution is -0.384. The number of phenolic OH excluding ortho intramolecular Hbond substituents is 1. The summed E-state index contributed by atoms with van der Waals surface area (Å²) in [5.74, 6) is -0.433. The Morgan fingerprint density at radius 1 is 1.33 bits per heavy atom. The number of nitro benzene ring substituents is 1. The minimum absolute atomic E-state index is 0.142. The van der Waals surface area contributed by atoms with Crippen molar-refractivity contribution in [2.24, 2.45) is 0 Å². The van der Waals surface area contributed by atoms with Crippen LogP contribution in [0.2, 0.25) is 0 Å². The van der Waals surface area contributed by atoms with Gasteiger partial charge in [0.2, 0.25) is 0 Å². The van der Waals surface area contributed by atoms with Gasteiger partial charge in [-0.1, -0.05) is 30.3 Å². The second kappa shape index (κ2) is 7.73. The third-order valence-corrected chi connectivity index (χ3v) is 3.96. The van der Waals surface area contributed by atoms with Crippen LogP contribution >= 0.6 is 0 Å². The number of ether oxygens (including phenoxy) is 1. The Morgan fingerprint density at radius 2 is 2.07 bits per heavy atom. The Hall–Kier alpha value is -3.62. The van der Waals surface area contributed by atoms with E-state index in [0.717, 1.165) is 5.56 Å². The van der Waals surface area contributed by atoms with Crippen molar-refractivity contribution in [1.29, 1.82) is 0 Å². The van der Waals surface area contributed by atoms with Crippen molar-refractivity contribution in [3.8, 4) is 5.75 Å². The summed E-state index contributed by atoms with van der Waals surface area (Å²) < 4.78 is 6.54. The molecule has 1 amide bonds. The molecule has 0 radical (unpaired) electrons. The van der Waals surface area contributed by atoms with Gasteiger partial charge in [-0.25, -0.2) is 4.79 Å². The van der Waals surface area contributed by atoms with E-state index in [4.69, 9.17) is 4.74 Å². The topological polar surface area (TPSA) is 120 Å².